The highest BCUT2D eigenvalue weighted by Crippen LogP contribution is 2.28. The first-order chi connectivity index (χ1) is 9.43. The highest BCUT2D eigenvalue weighted by atomic mass is 32.2. The summed E-state index contributed by atoms with van der Waals surface area (Å²) in [7, 11) is 0. The number of nitrogens with one attached hydrogen (secondary N) is 1. The maximum absolute atomic E-state index is 11.7. The zero-order chi connectivity index (χ0) is 15.1. The van der Waals surface area contributed by atoms with Crippen LogP contribution in [0.15, 0.2) is 6.07 Å². The number of amides is 1. The van der Waals surface area contributed by atoms with Gasteiger partial charge < -0.3 is 15.2 Å². The zero-order valence-electron chi connectivity index (χ0n) is 11.1. The number of esters is 1. The average molecular weight is 317 g/mol. The molecule has 0 atom stereocenters. The minimum Gasteiger partial charge on any atom is -0.481 e. The number of ether oxygens (including phenoxy) is 1. The minimum atomic E-state index is -0.970. The van der Waals surface area contributed by atoms with E-state index in [9.17, 15) is 14.4 Å². The predicted octanol–water partition coefficient (Wildman–Crippen LogP) is 1.99. The summed E-state index contributed by atoms with van der Waals surface area (Å²) in [5.74, 6) is -1.91. The van der Waals surface area contributed by atoms with Gasteiger partial charge in [0.25, 0.3) is 0 Å². The zero-order valence-corrected chi connectivity index (χ0v) is 12.7. The Morgan fingerprint density at radius 1 is 1.40 bits per heavy atom. The molecule has 2 N–H and O–H groups in total. The molecule has 0 aromatic carbocycles. The number of carboxylic acid groups (broad SMARTS) is 1. The third-order valence-corrected chi connectivity index (χ3v) is 3.95. The van der Waals surface area contributed by atoms with Gasteiger partial charge in [-0.15, -0.1) is 23.1 Å². The second kappa shape index (κ2) is 7.91. The molecule has 0 saturated heterocycles. The molecule has 0 radical (unpaired) electrons. The molecular formula is C12H15NO5S2. The van der Waals surface area contributed by atoms with Crippen molar-refractivity contribution in [3.63, 3.8) is 0 Å². The van der Waals surface area contributed by atoms with E-state index >= 15 is 0 Å². The summed E-state index contributed by atoms with van der Waals surface area (Å²) in [6.45, 7) is 3.79. The van der Waals surface area contributed by atoms with Crippen LogP contribution in [-0.4, -0.2) is 41.1 Å². The second-order valence-electron chi connectivity index (χ2n) is 3.76. The number of rotatable bonds is 7. The van der Waals surface area contributed by atoms with E-state index in [1.807, 2.05) is 6.92 Å². The summed E-state index contributed by atoms with van der Waals surface area (Å²) in [6, 6.07) is 1.66. The molecule has 0 fully saturated rings. The van der Waals surface area contributed by atoms with E-state index < -0.39 is 11.9 Å². The third-order valence-electron chi connectivity index (χ3n) is 2.06. The number of thioether (sulfide) groups is 1. The molecule has 0 unspecified atom stereocenters. The van der Waals surface area contributed by atoms with Gasteiger partial charge in [-0.05, 0) is 19.9 Å². The molecule has 0 aliphatic carbocycles. The number of aryl methyl sites for hydroxylation is 1. The van der Waals surface area contributed by atoms with E-state index in [0.717, 1.165) is 16.6 Å². The van der Waals surface area contributed by atoms with E-state index in [0.29, 0.717) is 10.6 Å². The summed E-state index contributed by atoms with van der Waals surface area (Å²) >= 11 is 2.28. The Labute approximate surface area is 124 Å². The Morgan fingerprint density at radius 3 is 2.70 bits per heavy atom. The number of carbonyl (C=O) groups is 3. The van der Waals surface area contributed by atoms with Gasteiger partial charge in [0.15, 0.2) is 0 Å². The van der Waals surface area contributed by atoms with Crippen LogP contribution >= 0.6 is 23.1 Å². The van der Waals surface area contributed by atoms with Gasteiger partial charge in [0, 0.05) is 4.88 Å². The van der Waals surface area contributed by atoms with Crippen LogP contribution in [-0.2, 0) is 14.3 Å². The van der Waals surface area contributed by atoms with Gasteiger partial charge in [-0.3, -0.25) is 9.59 Å². The van der Waals surface area contributed by atoms with Crippen molar-refractivity contribution in [2.45, 2.75) is 13.8 Å². The number of aliphatic carboxylic acids is 1. The fourth-order valence-electron chi connectivity index (χ4n) is 1.36. The molecule has 110 valence electrons. The Bertz CT molecular complexity index is 512. The molecule has 6 nitrogen and oxygen atoms in total. The first kappa shape index (κ1) is 16.5. The smallest absolute Gasteiger partial charge is 0.341 e. The lowest BCUT2D eigenvalue weighted by Crippen LogP contribution is -2.16. The molecule has 1 rings (SSSR count). The quantitative estimate of drug-likeness (QED) is 0.747. The number of hydrogen-bond donors (Lipinski definition) is 2. The molecule has 1 heterocycles. The minimum absolute atomic E-state index is 0.0194. The summed E-state index contributed by atoms with van der Waals surface area (Å²) < 4.78 is 4.91. The summed E-state index contributed by atoms with van der Waals surface area (Å²) in [4.78, 5) is 34.6. The fourth-order valence-corrected chi connectivity index (χ4v) is 2.81. The predicted molar refractivity (Wildman–Crippen MR) is 78.6 cm³/mol. The number of anilines is 1. The van der Waals surface area contributed by atoms with Crippen molar-refractivity contribution in [3.05, 3.63) is 16.5 Å². The Kier molecular flexibility index (Phi) is 6.53. The standard InChI is InChI=1S/C12H15NO5S2/c1-3-18-12(17)8-4-7(2)20-11(8)13-9(14)5-19-6-10(15)16/h4H,3,5-6H2,1-2H3,(H,13,14)(H,15,16). The van der Waals surface area contributed by atoms with Crippen LogP contribution in [0.1, 0.15) is 22.2 Å². The van der Waals surface area contributed by atoms with Gasteiger partial charge in [-0.2, -0.15) is 0 Å². The molecule has 1 amide bonds. The maximum atomic E-state index is 11.7. The molecule has 1 aromatic rings. The van der Waals surface area contributed by atoms with Crippen molar-refractivity contribution in [2.24, 2.45) is 0 Å². The molecule has 0 aliphatic heterocycles. The number of carboxylic acids is 1. The van der Waals surface area contributed by atoms with Crippen molar-refractivity contribution in [3.8, 4) is 0 Å². The lowest BCUT2D eigenvalue weighted by atomic mass is 10.3. The molecule has 20 heavy (non-hydrogen) atoms. The topological polar surface area (TPSA) is 92.7 Å². The third kappa shape index (κ3) is 5.22. The van der Waals surface area contributed by atoms with Crippen molar-refractivity contribution in [1.29, 1.82) is 0 Å². The van der Waals surface area contributed by atoms with Crippen molar-refractivity contribution in [1.82, 2.24) is 0 Å². The van der Waals surface area contributed by atoms with Gasteiger partial charge in [0.05, 0.1) is 23.7 Å². The van der Waals surface area contributed by atoms with Crippen LogP contribution in [0.3, 0.4) is 0 Å². The first-order valence-electron chi connectivity index (χ1n) is 5.81. The summed E-state index contributed by atoms with van der Waals surface area (Å²) in [6.07, 6.45) is 0. The van der Waals surface area contributed by atoms with Gasteiger partial charge in [0.1, 0.15) is 5.00 Å². The molecule has 0 bridgehead atoms. The highest BCUT2D eigenvalue weighted by molar-refractivity contribution is 8.00. The maximum Gasteiger partial charge on any atom is 0.341 e. The van der Waals surface area contributed by atoms with E-state index in [1.165, 1.54) is 11.3 Å². The molecule has 0 spiro atoms. The molecule has 1 aromatic heterocycles. The van der Waals surface area contributed by atoms with Crippen LogP contribution in [0.4, 0.5) is 5.00 Å². The van der Waals surface area contributed by atoms with Crippen LogP contribution < -0.4 is 5.32 Å². The summed E-state index contributed by atoms with van der Waals surface area (Å²) in [5.41, 5.74) is 0.325. The molecular weight excluding hydrogens is 302 g/mol. The van der Waals surface area contributed by atoms with Crippen LogP contribution in [0.2, 0.25) is 0 Å². The number of hydrogen-bond acceptors (Lipinski definition) is 6. The normalized spacial score (nSPS) is 10.1. The molecule has 0 aliphatic rings. The van der Waals surface area contributed by atoms with Crippen molar-refractivity contribution in [2.75, 3.05) is 23.4 Å². The van der Waals surface area contributed by atoms with Gasteiger partial charge in [0.2, 0.25) is 5.91 Å². The average Bonchev–Trinajstić information content (AvgIpc) is 2.70. The van der Waals surface area contributed by atoms with Gasteiger partial charge in [-0.1, -0.05) is 0 Å². The lowest BCUT2D eigenvalue weighted by Gasteiger charge is -2.05. The Hall–Kier alpha value is -1.54. The van der Waals surface area contributed by atoms with Crippen LogP contribution in [0.25, 0.3) is 0 Å². The lowest BCUT2D eigenvalue weighted by molar-refractivity contribution is -0.133. The fraction of sp³-hybridized carbons (Fsp3) is 0.417. The number of carbonyl (C=O) groups excluding carboxylic acids is 2. The Balaban J connectivity index is 2.65. The number of thiophene rings is 1. The van der Waals surface area contributed by atoms with Crippen molar-refractivity contribution < 1.29 is 24.2 Å². The van der Waals surface area contributed by atoms with E-state index in [-0.39, 0.29) is 24.0 Å². The SMILES string of the molecule is CCOC(=O)c1cc(C)sc1NC(=O)CSCC(=O)O. The van der Waals surface area contributed by atoms with Crippen LogP contribution in [0.5, 0.6) is 0 Å². The van der Waals surface area contributed by atoms with E-state index in [1.54, 1.807) is 13.0 Å². The first-order valence-corrected chi connectivity index (χ1v) is 7.78. The monoisotopic (exact) mass is 317 g/mol. The van der Waals surface area contributed by atoms with Gasteiger partial charge >= 0.3 is 11.9 Å². The van der Waals surface area contributed by atoms with Crippen LogP contribution in [0, 0.1) is 6.92 Å². The Morgan fingerprint density at radius 2 is 2.10 bits per heavy atom. The highest BCUT2D eigenvalue weighted by Gasteiger charge is 2.17. The summed E-state index contributed by atoms with van der Waals surface area (Å²) in [5, 5.41) is 11.5. The van der Waals surface area contributed by atoms with E-state index in [2.05, 4.69) is 5.32 Å². The largest absolute Gasteiger partial charge is 0.481 e. The molecule has 0 saturated carbocycles. The van der Waals surface area contributed by atoms with E-state index in [4.69, 9.17) is 9.84 Å². The second-order valence-corrected chi connectivity index (χ2v) is 6.00. The van der Waals surface area contributed by atoms with Gasteiger partial charge in [-0.25, -0.2) is 4.79 Å². The van der Waals surface area contributed by atoms with Crippen molar-refractivity contribution >= 4 is 45.9 Å². The molecule has 8 heteroatoms.